The lowest BCUT2D eigenvalue weighted by Gasteiger charge is -2.14. The van der Waals surface area contributed by atoms with Crippen LogP contribution in [-0.4, -0.2) is 0 Å². The van der Waals surface area contributed by atoms with Crippen LogP contribution in [0.4, 0.5) is 0 Å². The van der Waals surface area contributed by atoms with Crippen LogP contribution in [0.2, 0.25) is 0 Å². The molecule has 3 heteroatoms. The van der Waals surface area contributed by atoms with Crippen LogP contribution in [0.25, 0.3) is 10.1 Å². The van der Waals surface area contributed by atoms with Crippen LogP contribution in [0.1, 0.15) is 34.3 Å². The number of hydrogen-bond acceptors (Lipinski definition) is 3. The fourth-order valence-corrected chi connectivity index (χ4v) is 3.64. The molecule has 0 saturated carbocycles. The largest absolute Gasteiger partial charge is 0.466 e. The van der Waals surface area contributed by atoms with Crippen LogP contribution in [0, 0.1) is 20.8 Å². The quantitative estimate of drug-likeness (QED) is 0.747. The second-order valence-corrected chi connectivity index (χ2v) is 5.83. The Morgan fingerprint density at radius 1 is 1.11 bits per heavy atom. The van der Waals surface area contributed by atoms with Crippen molar-refractivity contribution in [2.75, 3.05) is 0 Å². The molecule has 0 fully saturated rings. The number of fused-ring (bicyclic) bond motifs is 1. The van der Waals surface area contributed by atoms with Gasteiger partial charge in [0.05, 0.1) is 6.04 Å². The van der Waals surface area contributed by atoms with Crippen molar-refractivity contribution in [3.63, 3.8) is 0 Å². The van der Waals surface area contributed by atoms with Crippen molar-refractivity contribution >= 4 is 21.4 Å². The number of benzene rings is 1. The molecule has 0 saturated heterocycles. The molecule has 1 unspecified atom stereocenters. The van der Waals surface area contributed by atoms with Crippen LogP contribution in [0.15, 0.2) is 34.1 Å². The number of thiophene rings is 1. The highest BCUT2D eigenvalue weighted by Crippen LogP contribution is 2.35. The van der Waals surface area contributed by atoms with Crippen molar-refractivity contribution in [1.29, 1.82) is 0 Å². The van der Waals surface area contributed by atoms with E-state index < -0.39 is 0 Å². The standard InChI is InChI=1S/C16H17NOS/c1-9-10(2)18-11(3)14(9)15(17)13-6-4-5-12-7-8-19-16(12)13/h4-8,15H,17H2,1-3H3. The lowest BCUT2D eigenvalue weighted by Crippen LogP contribution is -2.13. The van der Waals surface area contributed by atoms with Crippen LogP contribution < -0.4 is 5.73 Å². The van der Waals surface area contributed by atoms with Gasteiger partial charge in [0.2, 0.25) is 0 Å². The molecule has 19 heavy (non-hydrogen) atoms. The average molecular weight is 271 g/mol. The first-order chi connectivity index (χ1) is 9.09. The zero-order chi connectivity index (χ0) is 13.6. The Labute approximate surface area is 116 Å². The Kier molecular flexibility index (Phi) is 2.96. The van der Waals surface area contributed by atoms with E-state index in [0.717, 1.165) is 17.1 Å². The van der Waals surface area contributed by atoms with Gasteiger partial charge in [-0.2, -0.15) is 0 Å². The lowest BCUT2D eigenvalue weighted by molar-refractivity contribution is 0.498. The van der Waals surface area contributed by atoms with E-state index >= 15 is 0 Å². The van der Waals surface area contributed by atoms with Crippen LogP contribution >= 0.6 is 11.3 Å². The maximum Gasteiger partial charge on any atom is 0.106 e. The molecule has 0 aliphatic heterocycles. The third-order valence-corrected chi connectivity index (χ3v) is 4.75. The summed E-state index contributed by atoms with van der Waals surface area (Å²) in [7, 11) is 0. The van der Waals surface area contributed by atoms with E-state index in [-0.39, 0.29) is 6.04 Å². The predicted octanol–water partition coefficient (Wildman–Crippen LogP) is 4.47. The van der Waals surface area contributed by atoms with Gasteiger partial charge in [0.15, 0.2) is 0 Å². The van der Waals surface area contributed by atoms with E-state index in [9.17, 15) is 0 Å². The van der Waals surface area contributed by atoms with Gasteiger partial charge in [-0.25, -0.2) is 0 Å². The molecule has 2 N–H and O–H groups in total. The van der Waals surface area contributed by atoms with E-state index in [2.05, 4.69) is 36.6 Å². The van der Waals surface area contributed by atoms with Crippen LogP contribution in [-0.2, 0) is 0 Å². The summed E-state index contributed by atoms with van der Waals surface area (Å²) in [5.41, 5.74) is 9.97. The van der Waals surface area contributed by atoms with Gasteiger partial charge < -0.3 is 10.2 Å². The SMILES string of the molecule is Cc1oc(C)c(C(N)c2cccc3ccsc23)c1C. The Balaban J connectivity index is 2.18. The summed E-state index contributed by atoms with van der Waals surface area (Å²) in [4.78, 5) is 0. The lowest BCUT2D eigenvalue weighted by atomic mass is 9.95. The second kappa shape index (κ2) is 4.51. The molecule has 2 aromatic heterocycles. The molecule has 2 nitrogen and oxygen atoms in total. The first-order valence-electron chi connectivity index (χ1n) is 6.37. The smallest absolute Gasteiger partial charge is 0.106 e. The van der Waals surface area contributed by atoms with E-state index in [0.29, 0.717) is 0 Å². The summed E-state index contributed by atoms with van der Waals surface area (Å²) in [5, 5.41) is 3.37. The third kappa shape index (κ3) is 1.90. The van der Waals surface area contributed by atoms with Crippen molar-refractivity contribution < 1.29 is 4.42 Å². The molecule has 3 aromatic rings. The summed E-state index contributed by atoms with van der Waals surface area (Å²) < 4.78 is 6.98. The molecule has 1 atom stereocenters. The summed E-state index contributed by atoms with van der Waals surface area (Å²) in [6.07, 6.45) is 0. The molecule has 2 heterocycles. The van der Waals surface area contributed by atoms with Crippen molar-refractivity contribution in [2.24, 2.45) is 5.73 Å². The zero-order valence-corrected chi connectivity index (χ0v) is 12.2. The van der Waals surface area contributed by atoms with Gasteiger partial charge in [0, 0.05) is 10.3 Å². The number of rotatable bonds is 2. The fourth-order valence-electron chi connectivity index (χ4n) is 2.68. The Morgan fingerprint density at radius 3 is 2.58 bits per heavy atom. The molecule has 98 valence electrons. The van der Waals surface area contributed by atoms with Gasteiger partial charge in [-0.15, -0.1) is 11.3 Å². The van der Waals surface area contributed by atoms with Gasteiger partial charge in [-0.1, -0.05) is 18.2 Å². The van der Waals surface area contributed by atoms with Crippen molar-refractivity contribution in [3.8, 4) is 0 Å². The topological polar surface area (TPSA) is 39.2 Å². The number of furan rings is 1. The zero-order valence-electron chi connectivity index (χ0n) is 11.4. The van der Waals surface area contributed by atoms with Gasteiger partial charge in [0.1, 0.15) is 11.5 Å². The summed E-state index contributed by atoms with van der Waals surface area (Å²) in [6.45, 7) is 6.06. The van der Waals surface area contributed by atoms with Crippen molar-refractivity contribution in [1.82, 2.24) is 0 Å². The van der Waals surface area contributed by atoms with E-state index in [4.69, 9.17) is 10.2 Å². The van der Waals surface area contributed by atoms with Crippen LogP contribution in [0.3, 0.4) is 0 Å². The fraction of sp³-hybridized carbons (Fsp3) is 0.250. The number of aryl methyl sites for hydroxylation is 2. The Morgan fingerprint density at radius 2 is 1.89 bits per heavy atom. The first kappa shape index (κ1) is 12.5. The maximum absolute atomic E-state index is 6.50. The van der Waals surface area contributed by atoms with Crippen LogP contribution in [0.5, 0.6) is 0 Å². The van der Waals surface area contributed by atoms with Gasteiger partial charge in [-0.3, -0.25) is 0 Å². The van der Waals surface area contributed by atoms with Crippen molar-refractivity contribution in [2.45, 2.75) is 26.8 Å². The summed E-state index contributed by atoms with van der Waals surface area (Å²) >= 11 is 1.74. The minimum atomic E-state index is -0.125. The molecular formula is C16H17NOS. The normalized spacial score (nSPS) is 13.1. The van der Waals surface area contributed by atoms with Gasteiger partial charge in [-0.05, 0) is 48.7 Å². The third-order valence-electron chi connectivity index (χ3n) is 3.77. The van der Waals surface area contributed by atoms with E-state index in [1.54, 1.807) is 11.3 Å². The predicted molar refractivity (Wildman–Crippen MR) is 80.8 cm³/mol. The molecule has 0 aliphatic carbocycles. The second-order valence-electron chi connectivity index (χ2n) is 4.92. The molecule has 0 radical (unpaired) electrons. The number of nitrogens with two attached hydrogens (primary N) is 1. The maximum atomic E-state index is 6.50. The van der Waals surface area contributed by atoms with E-state index in [1.165, 1.54) is 21.2 Å². The minimum absolute atomic E-state index is 0.125. The molecule has 0 bridgehead atoms. The minimum Gasteiger partial charge on any atom is -0.466 e. The molecule has 0 spiro atoms. The van der Waals surface area contributed by atoms with Crippen molar-refractivity contribution in [3.05, 3.63) is 57.9 Å². The molecule has 3 rings (SSSR count). The molecular weight excluding hydrogens is 254 g/mol. The van der Waals surface area contributed by atoms with Gasteiger partial charge in [0.25, 0.3) is 0 Å². The molecule has 0 aliphatic rings. The molecule has 1 aromatic carbocycles. The Hall–Kier alpha value is -1.58. The highest BCUT2D eigenvalue weighted by atomic mass is 32.1. The first-order valence-corrected chi connectivity index (χ1v) is 7.25. The molecule has 0 amide bonds. The number of hydrogen-bond donors (Lipinski definition) is 1. The highest BCUT2D eigenvalue weighted by molar-refractivity contribution is 7.17. The van der Waals surface area contributed by atoms with E-state index in [1.807, 2.05) is 13.8 Å². The highest BCUT2D eigenvalue weighted by Gasteiger charge is 2.21. The Bertz CT molecular complexity index is 738. The monoisotopic (exact) mass is 271 g/mol. The van der Waals surface area contributed by atoms with Gasteiger partial charge >= 0.3 is 0 Å². The summed E-state index contributed by atoms with van der Waals surface area (Å²) in [6, 6.07) is 8.32. The average Bonchev–Trinajstić information content (AvgIpc) is 2.94. The summed E-state index contributed by atoms with van der Waals surface area (Å²) in [5.74, 6) is 1.89.